The number of nitrogens with zero attached hydrogens (tertiary/aromatic N) is 1. The van der Waals surface area contributed by atoms with Gasteiger partial charge in [-0.3, -0.25) is 0 Å². The average Bonchev–Trinajstić information content (AvgIpc) is 3.34. The summed E-state index contributed by atoms with van der Waals surface area (Å²) < 4.78 is 17.2. The van der Waals surface area contributed by atoms with Gasteiger partial charge < -0.3 is 19.9 Å². The van der Waals surface area contributed by atoms with Crippen LogP contribution in [0, 0.1) is 11.3 Å². The van der Waals surface area contributed by atoms with Gasteiger partial charge in [-0.2, -0.15) is 5.26 Å². The molecular formula is C25H22N2O4S. The zero-order valence-corrected chi connectivity index (χ0v) is 18.4. The molecule has 0 radical (unpaired) electrons. The highest BCUT2D eigenvalue weighted by Gasteiger charge is 2.33. The van der Waals surface area contributed by atoms with Gasteiger partial charge in [-0.25, -0.2) is 4.79 Å². The first-order valence-electron chi connectivity index (χ1n) is 10.3. The normalized spacial score (nSPS) is 14.8. The van der Waals surface area contributed by atoms with Crippen LogP contribution in [-0.4, -0.2) is 12.6 Å². The minimum absolute atomic E-state index is 0.0232. The molecule has 0 aliphatic carbocycles. The third-order valence-electron chi connectivity index (χ3n) is 5.11. The van der Waals surface area contributed by atoms with Crippen molar-refractivity contribution in [3.63, 3.8) is 0 Å². The molecule has 1 aliphatic heterocycles. The zero-order valence-electron chi connectivity index (χ0n) is 17.5. The first-order valence-corrected chi connectivity index (χ1v) is 11.2. The lowest BCUT2D eigenvalue weighted by Gasteiger charge is -2.28. The lowest BCUT2D eigenvalue weighted by atomic mass is 9.83. The standard InChI is InChI=1S/C25H22N2O4S/c1-2-3-12-29-20-8-5-4-7-17(20)23-18-11-10-16(30-25(28)22-9-6-13-32-22)14-21(18)31-24(27)19(23)15-26/h4-11,13-14,23H,2-3,12,27H2,1H3. The third-order valence-corrected chi connectivity index (χ3v) is 5.96. The molecule has 0 saturated heterocycles. The second-order valence-corrected chi connectivity index (χ2v) is 8.18. The van der Waals surface area contributed by atoms with E-state index in [0.29, 0.717) is 34.3 Å². The van der Waals surface area contributed by atoms with E-state index in [1.54, 1.807) is 30.3 Å². The first kappa shape index (κ1) is 21.5. The van der Waals surface area contributed by atoms with Crippen LogP contribution in [0.2, 0.25) is 0 Å². The van der Waals surface area contributed by atoms with Gasteiger partial charge in [0.25, 0.3) is 0 Å². The average molecular weight is 447 g/mol. The maximum Gasteiger partial charge on any atom is 0.353 e. The molecule has 0 spiro atoms. The van der Waals surface area contributed by atoms with Crippen molar-refractivity contribution in [1.82, 2.24) is 0 Å². The lowest BCUT2D eigenvalue weighted by Crippen LogP contribution is -2.21. The van der Waals surface area contributed by atoms with Gasteiger partial charge in [-0.05, 0) is 30.0 Å². The summed E-state index contributed by atoms with van der Waals surface area (Å²) in [6.07, 6.45) is 1.95. The van der Waals surface area contributed by atoms with E-state index in [1.165, 1.54) is 11.3 Å². The molecule has 2 N–H and O–H groups in total. The van der Waals surface area contributed by atoms with E-state index in [4.69, 9.17) is 19.9 Å². The number of rotatable bonds is 7. The number of unbranched alkanes of at least 4 members (excludes halogenated alkanes) is 1. The number of allylic oxidation sites excluding steroid dienone is 1. The van der Waals surface area contributed by atoms with Crippen LogP contribution >= 0.6 is 11.3 Å². The summed E-state index contributed by atoms with van der Waals surface area (Å²) in [5, 5.41) is 11.6. The Balaban J connectivity index is 1.70. The molecule has 1 atom stereocenters. The number of nitrogens with two attached hydrogens (primary N) is 1. The third kappa shape index (κ3) is 4.32. The summed E-state index contributed by atoms with van der Waals surface area (Å²) in [4.78, 5) is 12.8. The number of hydrogen-bond donors (Lipinski definition) is 1. The van der Waals surface area contributed by atoms with Gasteiger partial charge in [-0.1, -0.05) is 43.7 Å². The van der Waals surface area contributed by atoms with Crippen molar-refractivity contribution in [2.75, 3.05) is 6.61 Å². The Morgan fingerprint density at radius 1 is 1.19 bits per heavy atom. The van der Waals surface area contributed by atoms with Crippen LogP contribution in [0.1, 0.15) is 46.5 Å². The molecule has 7 heteroatoms. The van der Waals surface area contributed by atoms with E-state index >= 15 is 0 Å². The number of thiophene rings is 1. The fraction of sp³-hybridized carbons (Fsp3) is 0.200. The first-order chi connectivity index (χ1) is 15.6. The highest BCUT2D eigenvalue weighted by atomic mass is 32.1. The van der Waals surface area contributed by atoms with Crippen LogP contribution in [0.3, 0.4) is 0 Å². The molecule has 0 saturated carbocycles. The number of nitriles is 1. The Morgan fingerprint density at radius 3 is 2.78 bits per heavy atom. The fourth-order valence-electron chi connectivity index (χ4n) is 3.55. The predicted molar refractivity (Wildman–Crippen MR) is 122 cm³/mol. The highest BCUT2D eigenvalue weighted by Crippen LogP contribution is 2.45. The number of para-hydroxylation sites is 1. The molecule has 0 fully saturated rings. The maximum atomic E-state index is 12.3. The van der Waals surface area contributed by atoms with Crippen molar-refractivity contribution in [3.8, 4) is 23.3 Å². The predicted octanol–water partition coefficient (Wildman–Crippen LogP) is 5.36. The largest absolute Gasteiger partial charge is 0.493 e. The Hall–Kier alpha value is -3.76. The number of ether oxygens (including phenoxy) is 3. The summed E-state index contributed by atoms with van der Waals surface area (Å²) in [6.45, 7) is 2.69. The minimum atomic E-state index is -0.455. The summed E-state index contributed by atoms with van der Waals surface area (Å²) in [6, 6.07) is 18.4. The molecule has 2 aromatic carbocycles. The van der Waals surface area contributed by atoms with Crippen molar-refractivity contribution < 1.29 is 19.0 Å². The van der Waals surface area contributed by atoms with Gasteiger partial charge in [-0.15, -0.1) is 11.3 Å². The topological polar surface area (TPSA) is 94.6 Å². The van der Waals surface area contributed by atoms with Crippen molar-refractivity contribution in [2.24, 2.45) is 5.73 Å². The van der Waals surface area contributed by atoms with Crippen molar-refractivity contribution >= 4 is 17.3 Å². The monoisotopic (exact) mass is 446 g/mol. The Morgan fingerprint density at radius 2 is 2.03 bits per heavy atom. The molecule has 4 rings (SSSR count). The fourth-order valence-corrected chi connectivity index (χ4v) is 4.15. The Labute approximate surface area is 190 Å². The zero-order chi connectivity index (χ0) is 22.5. The van der Waals surface area contributed by atoms with Gasteiger partial charge in [0.05, 0.1) is 12.5 Å². The molecular weight excluding hydrogens is 424 g/mol. The van der Waals surface area contributed by atoms with E-state index in [0.717, 1.165) is 24.0 Å². The molecule has 32 heavy (non-hydrogen) atoms. The quantitative estimate of drug-likeness (QED) is 0.298. The summed E-state index contributed by atoms with van der Waals surface area (Å²) in [5.41, 5.74) is 8.01. The number of esters is 1. The molecule has 1 aliphatic rings. The van der Waals surface area contributed by atoms with Gasteiger partial charge in [0.2, 0.25) is 5.88 Å². The SMILES string of the molecule is CCCCOc1ccccc1C1C(C#N)=C(N)Oc2cc(OC(=O)c3cccs3)ccc21. The van der Waals surface area contributed by atoms with Gasteiger partial charge in [0.1, 0.15) is 33.8 Å². The molecule has 0 amide bonds. The van der Waals surface area contributed by atoms with E-state index in [1.807, 2.05) is 29.6 Å². The molecule has 0 bridgehead atoms. The van der Waals surface area contributed by atoms with E-state index in [9.17, 15) is 10.1 Å². The summed E-state index contributed by atoms with van der Waals surface area (Å²) >= 11 is 1.31. The van der Waals surface area contributed by atoms with Crippen LogP contribution in [-0.2, 0) is 0 Å². The molecule has 1 aromatic heterocycles. The van der Waals surface area contributed by atoms with Crippen LogP contribution in [0.25, 0.3) is 0 Å². The van der Waals surface area contributed by atoms with E-state index in [2.05, 4.69) is 13.0 Å². The maximum absolute atomic E-state index is 12.3. The molecule has 6 nitrogen and oxygen atoms in total. The van der Waals surface area contributed by atoms with Gasteiger partial charge in [0, 0.05) is 17.2 Å². The second-order valence-electron chi connectivity index (χ2n) is 7.23. The summed E-state index contributed by atoms with van der Waals surface area (Å²) in [5.74, 6) is 0.599. The molecule has 162 valence electrons. The van der Waals surface area contributed by atoms with Crippen molar-refractivity contribution in [2.45, 2.75) is 25.7 Å². The summed E-state index contributed by atoms with van der Waals surface area (Å²) in [7, 11) is 0. The van der Waals surface area contributed by atoms with Crippen LogP contribution in [0.5, 0.6) is 17.2 Å². The van der Waals surface area contributed by atoms with Crippen LogP contribution in [0.4, 0.5) is 0 Å². The van der Waals surface area contributed by atoms with E-state index < -0.39 is 11.9 Å². The molecule has 3 aromatic rings. The molecule has 2 heterocycles. The van der Waals surface area contributed by atoms with Gasteiger partial charge >= 0.3 is 5.97 Å². The van der Waals surface area contributed by atoms with Crippen molar-refractivity contribution in [3.05, 3.63) is 87.4 Å². The van der Waals surface area contributed by atoms with E-state index in [-0.39, 0.29) is 5.88 Å². The Kier molecular flexibility index (Phi) is 6.43. The van der Waals surface area contributed by atoms with Crippen LogP contribution < -0.4 is 19.9 Å². The minimum Gasteiger partial charge on any atom is -0.493 e. The second kappa shape index (κ2) is 9.58. The number of benzene rings is 2. The lowest BCUT2D eigenvalue weighted by molar-refractivity contribution is 0.0739. The van der Waals surface area contributed by atoms with Crippen LogP contribution in [0.15, 0.2) is 71.4 Å². The smallest absolute Gasteiger partial charge is 0.353 e. The number of carbonyl (C=O) groups excluding carboxylic acids is 1. The number of fused-ring (bicyclic) bond motifs is 1. The number of carbonyl (C=O) groups is 1. The van der Waals surface area contributed by atoms with Gasteiger partial charge in [0.15, 0.2) is 0 Å². The molecule has 1 unspecified atom stereocenters. The number of hydrogen-bond acceptors (Lipinski definition) is 7. The van der Waals surface area contributed by atoms with Crippen molar-refractivity contribution in [1.29, 1.82) is 5.26 Å². The Bertz CT molecular complexity index is 1190. The highest BCUT2D eigenvalue weighted by molar-refractivity contribution is 7.12.